The molecule has 0 heterocycles. The Morgan fingerprint density at radius 1 is 1.29 bits per heavy atom. The van der Waals surface area contributed by atoms with Crippen LogP contribution in [0.1, 0.15) is 18.5 Å². The van der Waals surface area contributed by atoms with E-state index in [1.165, 1.54) is 20.3 Å². The van der Waals surface area contributed by atoms with Crippen LogP contribution in [0.5, 0.6) is 11.5 Å². The van der Waals surface area contributed by atoms with E-state index in [4.69, 9.17) is 14.6 Å². The van der Waals surface area contributed by atoms with E-state index in [1.807, 2.05) is 6.92 Å². The summed E-state index contributed by atoms with van der Waals surface area (Å²) in [5.74, 6) is 0.491. The van der Waals surface area contributed by atoms with Crippen LogP contribution in [0.4, 0.5) is 4.39 Å². The molecule has 1 unspecified atom stereocenters. The van der Waals surface area contributed by atoms with Crippen molar-refractivity contribution in [3.63, 3.8) is 0 Å². The summed E-state index contributed by atoms with van der Waals surface area (Å²) < 4.78 is 23.9. The van der Waals surface area contributed by atoms with Crippen LogP contribution in [0.2, 0.25) is 0 Å². The Hall–Kier alpha value is -1.33. The number of hydrogen-bond donors (Lipinski definition) is 2. The van der Waals surface area contributed by atoms with Gasteiger partial charge in [0.15, 0.2) is 11.5 Å². The van der Waals surface area contributed by atoms with Gasteiger partial charge >= 0.3 is 0 Å². The largest absolute Gasteiger partial charge is 0.493 e. The average Bonchev–Trinajstić information content (AvgIpc) is 2.35. The Morgan fingerprint density at radius 3 is 2.41 bits per heavy atom. The molecule has 96 valence electrons. The van der Waals surface area contributed by atoms with Crippen LogP contribution < -0.4 is 14.8 Å². The maximum atomic E-state index is 13.8. The zero-order valence-electron chi connectivity index (χ0n) is 10.3. The molecule has 17 heavy (non-hydrogen) atoms. The van der Waals surface area contributed by atoms with Crippen molar-refractivity contribution in [1.82, 2.24) is 5.32 Å². The monoisotopic (exact) mass is 243 g/mol. The Labute approximate surface area is 100 Å². The number of halogens is 1. The highest BCUT2D eigenvalue weighted by molar-refractivity contribution is 5.44. The van der Waals surface area contributed by atoms with Gasteiger partial charge in [0, 0.05) is 24.2 Å². The molecule has 2 N–H and O–H groups in total. The van der Waals surface area contributed by atoms with E-state index in [2.05, 4.69) is 5.32 Å². The molecule has 1 aromatic carbocycles. The van der Waals surface area contributed by atoms with Gasteiger partial charge in [-0.2, -0.15) is 0 Å². The number of methoxy groups -OCH3 is 2. The summed E-state index contributed by atoms with van der Waals surface area (Å²) in [6, 6.07) is 2.69. The quantitative estimate of drug-likeness (QED) is 0.794. The first kappa shape index (κ1) is 13.7. The molecule has 0 aliphatic carbocycles. The van der Waals surface area contributed by atoms with Gasteiger partial charge in [0.2, 0.25) is 0 Å². The normalized spacial score (nSPS) is 12.3. The highest BCUT2D eigenvalue weighted by Gasteiger charge is 2.15. The minimum Gasteiger partial charge on any atom is -0.493 e. The summed E-state index contributed by atoms with van der Waals surface area (Å²) in [4.78, 5) is 0. The lowest BCUT2D eigenvalue weighted by Gasteiger charge is -2.17. The van der Waals surface area contributed by atoms with Crippen LogP contribution in [0.3, 0.4) is 0 Å². The van der Waals surface area contributed by atoms with Gasteiger partial charge in [-0.05, 0) is 13.0 Å². The molecular formula is C12H18FNO3. The number of nitrogens with one attached hydrogen (secondary N) is 1. The highest BCUT2D eigenvalue weighted by Crippen LogP contribution is 2.32. The molecule has 0 radical (unpaired) electrons. The first-order valence-corrected chi connectivity index (χ1v) is 5.39. The van der Waals surface area contributed by atoms with Crippen LogP contribution in [0.15, 0.2) is 12.1 Å². The number of hydrogen-bond acceptors (Lipinski definition) is 4. The second-order valence-electron chi connectivity index (χ2n) is 3.63. The van der Waals surface area contributed by atoms with Crippen molar-refractivity contribution < 1.29 is 19.0 Å². The van der Waals surface area contributed by atoms with Crippen LogP contribution >= 0.6 is 0 Å². The zero-order valence-corrected chi connectivity index (χ0v) is 10.3. The van der Waals surface area contributed by atoms with Gasteiger partial charge in [-0.15, -0.1) is 0 Å². The molecule has 0 bridgehead atoms. The third-order valence-corrected chi connectivity index (χ3v) is 2.53. The molecule has 0 fully saturated rings. The average molecular weight is 243 g/mol. The fourth-order valence-electron chi connectivity index (χ4n) is 1.59. The van der Waals surface area contributed by atoms with Crippen molar-refractivity contribution in [2.75, 3.05) is 27.4 Å². The number of aliphatic hydroxyl groups is 1. The summed E-state index contributed by atoms with van der Waals surface area (Å²) in [5.41, 5.74) is 0.483. The number of rotatable bonds is 6. The fourth-order valence-corrected chi connectivity index (χ4v) is 1.59. The predicted octanol–water partition coefficient (Wildman–Crippen LogP) is 1.49. The van der Waals surface area contributed by atoms with E-state index in [1.54, 1.807) is 6.07 Å². The summed E-state index contributed by atoms with van der Waals surface area (Å²) in [5, 5.41) is 11.7. The Bertz CT molecular complexity index is 371. The zero-order chi connectivity index (χ0) is 12.8. The van der Waals surface area contributed by atoms with Gasteiger partial charge < -0.3 is 19.9 Å². The number of ether oxygens (including phenoxy) is 2. The molecule has 0 saturated carbocycles. The number of aliphatic hydroxyl groups excluding tert-OH is 1. The molecule has 0 amide bonds. The van der Waals surface area contributed by atoms with E-state index < -0.39 is 0 Å². The minimum absolute atomic E-state index is 0.0131. The first-order valence-electron chi connectivity index (χ1n) is 5.39. The Morgan fingerprint density at radius 2 is 1.88 bits per heavy atom. The maximum Gasteiger partial charge on any atom is 0.163 e. The van der Waals surface area contributed by atoms with Crippen molar-refractivity contribution in [2.24, 2.45) is 0 Å². The first-order chi connectivity index (χ1) is 8.13. The summed E-state index contributed by atoms with van der Waals surface area (Å²) in [6.07, 6.45) is 0. The molecule has 1 atom stereocenters. The van der Waals surface area contributed by atoms with Crippen LogP contribution in [-0.2, 0) is 0 Å². The van der Waals surface area contributed by atoms with E-state index in [0.717, 1.165) is 0 Å². The topological polar surface area (TPSA) is 50.7 Å². The third-order valence-electron chi connectivity index (χ3n) is 2.53. The third kappa shape index (κ3) is 3.31. The van der Waals surface area contributed by atoms with Gasteiger partial charge in [0.1, 0.15) is 5.82 Å². The van der Waals surface area contributed by atoms with Crippen LogP contribution in [-0.4, -0.2) is 32.5 Å². The second-order valence-corrected chi connectivity index (χ2v) is 3.63. The lowest BCUT2D eigenvalue weighted by molar-refractivity contribution is 0.285. The van der Waals surface area contributed by atoms with E-state index in [0.29, 0.717) is 23.6 Å². The molecule has 0 aromatic heterocycles. The fraction of sp³-hybridized carbons (Fsp3) is 0.500. The summed E-state index contributed by atoms with van der Waals surface area (Å²) in [7, 11) is 2.97. The van der Waals surface area contributed by atoms with Gasteiger partial charge in [-0.3, -0.25) is 0 Å². The van der Waals surface area contributed by atoms with Crippen LogP contribution in [0.25, 0.3) is 0 Å². The molecule has 0 spiro atoms. The molecule has 1 aromatic rings. The van der Waals surface area contributed by atoms with Crippen LogP contribution in [0, 0.1) is 5.82 Å². The lowest BCUT2D eigenvalue weighted by Crippen LogP contribution is -2.23. The van der Waals surface area contributed by atoms with Crippen molar-refractivity contribution >= 4 is 0 Å². The standard InChI is InChI=1S/C12H18FNO3/c1-8(14-4-5-15)9-6-11(16-2)12(17-3)7-10(9)13/h6-8,14-15H,4-5H2,1-3H3. The SMILES string of the molecule is COc1cc(F)c(C(C)NCCO)cc1OC. The molecule has 0 aliphatic rings. The molecular weight excluding hydrogens is 225 g/mol. The lowest BCUT2D eigenvalue weighted by atomic mass is 10.1. The van der Waals surface area contributed by atoms with Crippen molar-refractivity contribution in [3.8, 4) is 11.5 Å². The summed E-state index contributed by atoms with van der Waals surface area (Å²) in [6.45, 7) is 2.24. The van der Waals surface area contributed by atoms with Gasteiger partial charge in [0.05, 0.1) is 20.8 Å². The van der Waals surface area contributed by atoms with Gasteiger partial charge in [0.25, 0.3) is 0 Å². The number of benzene rings is 1. The minimum atomic E-state index is -0.361. The van der Waals surface area contributed by atoms with Crippen molar-refractivity contribution in [1.29, 1.82) is 0 Å². The van der Waals surface area contributed by atoms with Gasteiger partial charge in [-0.25, -0.2) is 4.39 Å². The van der Waals surface area contributed by atoms with Gasteiger partial charge in [-0.1, -0.05) is 0 Å². The summed E-state index contributed by atoms with van der Waals surface area (Å²) >= 11 is 0. The maximum absolute atomic E-state index is 13.8. The van der Waals surface area contributed by atoms with E-state index in [-0.39, 0.29) is 18.5 Å². The molecule has 0 aliphatic heterocycles. The van der Waals surface area contributed by atoms with E-state index in [9.17, 15) is 4.39 Å². The predicted molar refractivity (Wildman–Crippen MR) is 63.0 cm³/mol. The smallest absolute Gasteiger partial charge is 0.163 e. The van der Waals surface area contributed by atoms with Crippen molar-refractivity contribution in [3.05, 3.63) is 23.5 Å². The van der Waals surface area contributed by atoms with Crippen molar-refractivity contribution in [2.45, 2.75) is 13.0 Å². The second kappa shape index (κ2) is 6.42. The molecule has 5 heteroatoms. The Balaban J connectivity index is 2.99. The molecule has 1 rings (SSSR count). The Kier molecular flexibility index (Phi) is 5.18. The molecule has 4 nitrogen and oxygen atoms in total. The highest BCUT2D eigenvalue weighted by atomic mass is 19.1. The molecule has 0 saturated heterocycles. The van der Waals surface area contributed by atoms with E-state index >= 15 is 0 Å².